The maximum Gasteiger partial charge on any atom is 0.0568 e. The van der Waals surface area contributed by atoms with Crippen molar-refractivity contribution in [3.8, 4) is 0 Å². The van der Waals surface area contributed by atoms with Gasteiger partial charge in [-0.25, -0.2) is 0 Å². The van der Waals surface area contributed by atoms with Crippen molar-refractivity contribution in [2.45, 2.75) is 72.6 Å². The molecule has 1 N–H and O–H groups in total. The van der Waals surface area contributed by atoms with E-state index in [1.54, 1.807) is 0 Å². The van der Waals surface area contributed by atoms with Gasteiger partial charge in [-0.2, -0.15) is 5.10 Å². The molecule has 2 heterocycles. The zero-order valence-electron chi connectivity index (χ0n) is 20.7. The fraction of sp³-hybridized carbons (Fsp3) is 0.536. The van der Waals surface area contributed by atoms with Crippen LogP contribution < -0.4 is 5.43 Å². The second-order valence-corrected chi connectivity index (χ2v) is 9.50. The largest absolute Gasteiger partial charge is 0.375 e. The Balaban J connectivity index is 1.84. The van der Waals surface area contributed by atoms with Gasteiger partial charge < -0.3 is 9.80 Å². The molecule has 2 saturated heterocycles. The summed E-state index contributed by atoms with van der Waals surface area (Å²) < 4.78 is 0. The Hall–Kier alpha value is -2.49. The zero-order chi connectivity index (χ0) is 22.8. The zero-order valence-corrected chi connectivity index (χ0v) is 20.7. The first-order valence-corrected chi connectivity index (χ1v) is 12.5. The van der Waals surface area contributed by atoms with E-state index in [2.05, 4.69) is 84.4 Å². The molecule has 32 heavy (non-hydrogen) atoms. The molecule has 1 aromatic carbocycles. The van der Waals surface area contributed by atoms with Crippen LogP contribution in [0.5, 0.6) is 0 Å². The minimum atomic E-state index is 1.08. The Morgan fingerprint density at radius 3 is 2.09 bits per heavy atom. The third-order valence-corrected chi connectivity index (χ3v) is 6.45. The molecule has 0 bridgehead atoms. The first-order valence-electron chi connectivity index (χ1n) is 12.5. The molecule has 0 unspecified atom stereocenters. The SMILES string of the molecule is CC(C)=C(/C=C(\C=C(/C)N1CCCCC1)N1CCCCCC1)N/N=C/c1cccc(C)c1. The van der Waals surface area contributed by atoms with Crippen LogP contribution in [0.15, 0.2) is 64.2 Å². The number of nitrogens with zero attached hydrogens (tertiary/aromatic N) is 3. The summed E-state index contributed by atoms with van der Waals surface area (Å²) in [4.78, 5) is 5.13. The Labute approximate surface area is 195 Å². The van der Waals surface area contributed by atoms with Crippen molar-refractivity contribution in [2.75, 3.05) is 26.2 Å². The van der Waals surface area contributed by atoms with Crippen molar-refractivity contribution in [1.82, 2.24) is 15.2 Å². The third-order valence-electron chi connectivity index (χ3n) is 6.45. The number of rotatable bonds is 7. The van der Waals surface area contributed by atoms with Crippen LogP contribution in [0.4, 0.5) is 0 Å². The van der Waals surface area contributed by atoms with Crippen molar-refractivity contribution >= 4 is 6.21 Å². The van der Waals surface area contributed by atoms with Gasteiger partial charge in [0.15, 0.2) is 0 Å². The molecule has 0 atom stereocenters. The molecule has 4 heteroatoms. The second-order valence-electron chi connectivity index (χ2n) is 9.50. The van der Waals surface area contributed by atoms with Gasteiger partial charge in [0.1, 0.15) is 0 Å². The fourth-order valence-electron chi connectivity index (χ4n) is 4.47. The highest BCUT2D eigenvalue weighted by molar-refractivity contribution is 5.79. The van der Waals surface area contributed by atoms with Crippen molar-refractivity contribution in [1.29, 1.82) is 0 Å². The van der Waals surface area contributed by atoms with E-state index in [0.717, 1.165) is 24.4 Å². The highest BCUT2D eigenvalue weighted by Gasteiger charge is 2.15. The lowest BCUT2D eigenvalue weighted by molar-refractivity contribution is 0.283. The molecule has 2 aliphatic heterocycles. The molecule has 0 saturated carbocycles. The average molecular weight is 435 g/mol. The van der Waals surface area contributed by atoms with Crippen molar-refractivity contribution < 1.29 is 0 Å². The van der Waals surface area contributed by atoms with E-state index in [1.807, 2.05) is 6.21 Å². The maximum atomic E-state index is 4.56. The molecule has 3 rings (SSSR count). The lowest BCUT2D eigenvalue weighted by Gasteiger charge is -2.31. The molecule has 0 aromatic heterocycles. The standard InChI is InChI=1S/C28H42N4/c1-23(2)28(30-29-22-26-14-12-13-24(3)19-26)21-27(32-17-8-5-6-9-18-32)20-25(4)31-15-10-7-11-16-31/h12-14,19-22,30H,5-11,15-18H2,1-4H3/b25-20+,27-21+,29-22+. The molecule has 0 amide bonds. The van der Waals surface area contributed by atoms with Gasteiger partial charge in [-0.1, -0.05) is 48.2 Å². The lowest BCUT2D eigenvalue weighted by Crippen LogP contribution is -2.29. The van der Waals surface area contributed by atoms with Gasteiger partial charge in [0.25, 0.3) is 0 Å². The Bertz CT molecular complexity index is 844. The van der Waals surface area contributed by atoms with E-state index in [-0.39, 0.29) is 0 Å². The Morgan fingerprint density at radius 2 is 1.47 bits per heavy atom. The number of nitrogens with one attached hydrogen (secondary N) is 1. The van der Waals surface area contributed by atoms with E-state index in [0.29, 0.717) is 0 Å². The van der Waals surface area contributed by atoms with Crippen LogP contribution in [-0.4, -0.2) is 42.2 Å². The van der Waals surface area contributed by atoms with Crippen LogP contribution in [0.25, 0.3) is 0 Å². The minimum Gasteiger partial charge on any atom is -0.375 e. The van der Waals surface area contributed by atoms with Crippen LogP contribution in [0.1, 0.15) is 76.8 Å². The van der Waals surface area contributed by atoms with Gasteiger partial charge in [-0.05, 0) is 77.5 Å². The summed E-state index contributed by atoms with van der Waals surface area (Å²) in [6, 6.07) is 8.42. The van der Waals surface area contributed by atoms with Gasteiger partial charge in [0, 0.05) is 37.6 Å². The van der Waals surface area contributed by atoms with E-state index in [9.17, 15) is 0 Å². The van der Waals surface area contributed by atoms with Crippen molar-refractivity contribution in [2.24, 2.45) is 5.10 Å². The van der Waals surface area contributed by atoms with Gasteiger partial charge in [0.05, 0.1) is 11.9 Å². The molecular formula is C28H42N4. The van der Waals surface area contributed by atoms with E-state index in [1.165, 1.54) is 80.6 Å². The number of hydrogen-bond donors (Lipinski definition) is 1. The number of benzene rings is 1. The topological polar surface area (TPSA) is 30.9 Å². The summed E-state index contributed by atoms with van der Waals surface area (Å²) in [5, 5.41) is 4.56. The van der Waals surface area contributed by atoms with Crippen LogP contribution in [0, 0.1) is 6.92 Å². The normalized spacial score (nSPS) is 18.6. The number of hydrazone groups is 1. The molecule has 0 aliphatic carbocycles. The van der Waals surface area contributed by atoms with Gasteiger partial charge in [0.2, 0.25) is 0 Å². The summed E-state index contributed by atoms with van der Waals surface area (Å²) in [6.07, 6.45) is 15.8. The molecule has 2 fully saturated rings. The van der Waals surface area contributed by atoms with Gasteiger partial charge >= 0.3 is 0 Å². The minimum absolute atomic E-state index is 1.08. The van der Waals surface area contributed by atoms with E-state index < -0.39 is 0 Å². The highest BCUT2D eigenvalue weighted by atomic mass is 15.3. The average Bonchev–Trinajstić information content (AvgIpc) is 3.08. The fourth-order valence-corrected chi connectivity index (χ4v) is 4.47. The van der Waals surface area contributed by atoms with Gasteiger partial charge in [-0.15, -0.1) is 0 Å². The third kappa shape index (κ3) is 7.58. The van der Waals surface area contributed by atoms with Crippen LogP contribution in [0.2, 0.25) is 0 Å². The molecule has 0 radical (unpaired) electrons. The quantitative estimate of drug-likeness (QED) is 0.308. The molecule has 4 nitrogen and oxygen atoms in total. The number of likely N-dealkylation sites (tertiary alicyclic amines) is 2. The molecular weight excluding hydrogens is 392 g/mol. The molecule has 2 aliphatic rings. The smallest absolute Gasteiger partial charge is 0.0568 e. The van der Waals surface area contributed by atoms with Crippen molar-refractivity contribution in [3.63, 3.8) is 0 Å². The van der Waals surface area contributed by atoms with Crippen LogP contribution >= 0.6 is 0 Å². The first kappa shape index (κ1) is 24.2. The summed E-state index contributed by atoms with van der Waals surface area (Å²) in [5.41, 5.74) is 10.7. The second kappa shape index (κ2) is 12.5. The van der Waals surface area contributed by atoms with Crippen LogP contribution in [0.3, 0.4) is 0 Å². The molecule has 174 valence electrons. The predicted molar refractivity (Wildman–Crippen MR) is 138 cm³/mol. The summed E-state index contributed by atoms with van der Waals surface area (Å²) in [7, 11) is 0. The summed E-state index contributed by atoms with van der Waals surface area (Å²) in [5.74, 6) is 0. The number of allylic oxidation sites excluding steroid dienone is 4. The maximum absolute atomic E-state index is 4.56. The summed E-state index contributed by atoms with van der Waals surface area (Å²) in [6.45, 7) is 13.3. The van der Waals surface area contributed by atoms with E-state index in [4.69, 9.17) is 0 Å². The number of hydrogen-bond acceptors (Lipinski definition) is 4. The highest BCUT2D eigenvalue weighted by Crippen LogP contribution is 2.22. The first-order chi connectivity index (χ1) is 15.5. The number of aryl methyl sites for hydroxylation is 1. The molecule has 1 aromatic rings. The van der Waals surface area contributed by atoms with Gasteiger partial charge in [-0.3, -0.25) is 5.43 Å². The predicted octanol–water partition coefficient (Wildman–Crippen LogP) is 6.36. The van der Waals surface area contributed by atoms with Crippen molar-refractivity contribution in [3.05, 3.63) is 70.2 Å². The number of piperidine rings is 1. The monoisotopic (exact) mass is 434 g/mol. The molecule has 0 spiro atoms. The Kier molecular flexibility index (Phi) is 9.45. The lowest BCUT2D eigenvalue weighted by atomic mass is 10.1. The summed E-state index contributed by atoms with van der Waals surface area (Å²) >= 11 is 0. The van der Waals surface area contributed by atoms with Crippen LogP contribution in [-0.2, 0) is 0 Å². The Morgan fingerprint density at radius 1 is 0.844 bits per heavy atom. The van der Waals surface area contributed by atoms with E-state index >= 15 is 0 Å².